The van der Waals surface area contributed by atoms with Crippen molar-refractivity contribution >= 4 is 55.6 Å². The SMILES string of the molecule is Cc1c(CC(=O)O)c2cccnc2n1Cc1ccc(S(C)=O)cc1C(F)(F)F.Cc1c(Cc2ccc3ccccc3n2)c2cc(F)ccc2n1CC(=O)O. The Labute approximate surface area is 309 Å². The topological polar surface area (TPSA) is 127 Å². The molecule has 0 saturated heterocycles. The van der Waals surface area contributed by atoms with E-state index < -0.39 is 34.5 Å². The number of para-hydroxylation sites is 1. The van der Waals surface area contributed by atoms with Gasteiger partial charge in [-0.3, -0.25) is 18.8 Å². The molecule has 7 rings (SSSR count). The highest BCUT2D eigenvalue weighted by molar-refractivity contribution is 7.84. The molecule has 1 unspecified atom stereocenters. The average molecular weight is 759 g/mol. The number of pyridine rings is 2. The Balaban J connectivity index is 0.000000185. The number of hydrogen-bond acceptors (Lipinski definition) is 5. The zero-order valence-electron chi connectivity index (χ0n) is 29.3. The Morgan fingerprint density at radius 3 is 2.28 bits per heavy atom. The average Bonchev–Trinajstić information content (AvgIpc) is 3.52. The maximum Gasteiger partial charge on any atom is 0.416 e. The summed E-state index contributed by atoms with van der Waals surface area (Å²) < 4.78 is 69.5. The number of hydrogen-bond donors (Lipinski definition) is 2. The van der Waals surface area contributed by atoms with Gasteiger partial charge < -0.3 is 19.3 Å². The van der Waals surface area contributed by atoms with Crippen molar-refractivity contribution in [2.24, 2.45) is 0 Å². The summed E-state index contributed by atoms with van der Waals surface area (Å²) in [5.41, 5.74) is 4.85. The number of fused-ring (bicyclic) bond motifs is 3. The predicted molar refractivity (Wildman–Crippen MR) is 198 cm³/mol. The Morgan fingerprint density at radius 1 is 0.833 bits per heavy atom. The van der Waals surface area contributed by atoms with Gasteiger partial charge >= 0.3 is 18.1 Å². The summed E-state index contributed by atoms with van der Waals surface area (Å²) in [6.45, 7) is 3.25. The molecule has 0 aliphatic carbocycles. The molecule has 0 fully saturated rings. The van der Waals surface area contributed by atoms with Crippen LogP contribution in [0.4, 0.5) is 17.6 Å². The van der Waals surface area contributed by atoms with Gasteiger partial charge in [-0.25, -0.2) is 9.37 Å². The molecule has 7 aromatic rings. The van der Waals surface area contributed by atoms with E-state index in [0.717, 1.165) is 44.8 Å². The smallest absolute Gasteiger partial charge is 0.416 e. The van der Waals surface area contributed by atoms with Crippen LogP contribution in [-0.2, 0) is 52.5 Å². The molecule has 54 heavy (non-hydrogen) atoms. The van der Waals surface area contributed by atoms with E-state index in [0.29, 0.717) is 28.7 Å². The zero-order chi connectivity index (χ0) is 38.9. The molecule has 0 spiro atoms. The third kappa shape index (κ3) is 7.88. The molecule has 278 valence electrons. The Hall–Kier alpha value is -5.89. The molecular formula is C40H34F4N4O5S. The van der Waals surface area contributed by atoms with E-state index in [4.69, 9.17) is 4.98 Å². The van der Waals surface area contributed by atoms with E-state index in [1.807, 2.05) is 43.3 Å². The number of carbonyl (C=O) groups is 2. The fourth-order valence-corrected chi connectivity index (χ4v) is 7.26. The molecule has 0 radical (unpaired) electrons. The molecule has 0 bridgehead atoms. The molecule has 3 aromatic carbocycles. The maximum absolute atomic E-state index is 13.8. The van der Waals surface area contributed by atoms with Crippen molar-refractivity contribution in [3.05, 3.63) is 136 Å². The van der Waals surface area contributed by atoms with Gasteiger partial charge in [0.1, 0.15) is 18.0 Å². The summed E-state index contributed by atoms with van der Waals surface area (Å²) in [7, 11) is -1.54. The third-order valence-electron chi connectivity index (χ3n) is 9.31. The van der Waals surface area contributed by atoms with E-state index in [9.17, 15) is 41.6 Å². The van der Waals surface area contributed by atoms with Crippen molar-refractivity contribution < 1.29 is 41.6 Å². The highest BCUT2D eigenvalue weighted by atomic mass is 32.2. The van der Waals surface area contributed by atoms with Gasteiger partial charge in [0, 0.05) is 79.9 Å². The van der Waals surface area contributed by atoms with Gasteiger partial charge in [0.05, 0.1) is 17.5 Å². The van der Waals surface area contributed by atoms with E-state index >= 15 is 0 Å². The second-order valence-electron chi connectivity index (χ2n) is 12.7. The predicted octanol–water partition coefficient (Wildman–Crippen LogP) is 8.09. The number of aromatic nitrogens is 4. The van der Waals surface area contributed by atoms with Crippen molar-refractivity contribution in [1.82, 2.24) is 19.1 Å². The van der Waals surface area contributed by atoms with Crippen LogP contribution >= 0.6 is 0 Å². The first-order valence-electron chi connectivity index (χ1n) is 16.6. The number of benzene rings is 3. The summed E-state index contributed by atoms with van der Waals surface area (Å²) in [6.07, 6.45) is -1.51. The molecule has 0 aliphatic rings. The summed E-state index contributed by atoms with van der Waals surface area (Å²) in [6, 6.07) is 23.3. The fraction of sp³-hybridized carbons (Fsp3) is 0.200. The minimum Gasteiger partial charge on any atom is -0.481 e. The molecule has 0 saturated carbocycles. The summed E-state index contributed by atoms with van der Waals surface area (Å²) in [4.78, 5) is 31.5. The van der Waals surface area contributed by atoms with Gasteiger partial charge in [0.25, 0.3) is 0 Å². The lowest BCUT2D eigenvalue weighted by molar-refractivity contribution is -0.139. The standard InChI is InChI=1S/C21H17FN2O2.C19H17F3N2O3S/c1-13-17(11-16-8-6-14-4-2-3-5-19(14)23-16)18-10-15(22)7-9-20(18)24(13)12-21(25)26;1-11-15(9-17(25)26)14-4-3-7-23-18(14)24(11)10-12-5-6-13(28(2)27)8-16(12)19(20,21)22/h2-10H,11-12H2,1H3,(H,25,26);3-8H,9-10H2,1-2H3,(H,25,26). The van der Waals surface area contributed by atoms with Gasteiger partial charge in [-0.2, -0.15) is 13.2 Å². The van der Waals surface area contributed by atoms with Crippen LogP contribution in [0.15, 0.2) is 96.0 Å². The summed E-state index contributed by atoms with van der Waals surface area (Å²) in [5.74, 6) is -2.29. The van der Waals surface area contributed by atoms with Crippen LogP contribution in [0.3, 0.4) is 0 Å². The van der Waals surface area contributed by atoms with Crippen molar-refractivity contribution in [3.63, 3.8) is 0 Å². The first-order chi connectivity index (χ1) is 25.6. The molecule has 14 heteroatoms. The molecule has 0 aliphatic heterocycles. The first-order valence-corrected chi connectivity index (χ1v) is 18.2. The second kappa shape index (κ2) is 15.2. The number of alkyl halides is 3. The molecular weight excluding hydrogens is 725 g/mol. The van der Waals surface area contributed by atoms with Crippen LogP contribution in [0.1, 0.15) is 39.3 Å². The Bertz CT molecular complexity index is 2600. The van der Waals surface area contributed by atoms with Gasteiger partial charge in [0.2, 0.25) is 0 Å². The Morgan fingerprint density at radius 2 is 1.57 bits per heavy atom. The van der Waals surface area contributed by atoms with Crippen LogP contribution in [-0.4, -0.2) is 51.7 Å². The molecule has 4 aromatic heterocycles. The Kier molecular flexibility index (Phi) is 10.7. The third-order valence-corrected chi connectivity index (χ3v) is 10.2. The molecule has 2 N–H and O–H groups in total. The van der Waals surface area contributed by atoms with Crippen LogP contribution in [0.5, 0.6) is 0 Å². The van der Waals surface area contributed by atoms with Crippen LogP contribution in [0, 0.1) is 19.7 Å². The van der Waals surface area contributed by atoms with E-state index in [1.54, 1.807) is 34.3 Å². The van der Waals surface area contributed by atoms with Gasteiger partial charge in [-0.05, 0) is 85.1 Å². The van der Waals surface area contributed by atoms with Gasteiger partial charge in [-0.1, -0.05) is 30.3 Å². The van der Waals surface area contributed by atoms with Crippen molar-refractivity contribution in [3.8, 4) is 0 Å². The van der Waals surface area contributed by atoms with Crippen molar-refractivity contribution in [1.29, 1.82) is 0 Å². The van der Waals surface area contributed by atoms with E-state index in [1.165, 1.54) is 36.7 Å². The molecule has 0 amide bonds. The highest BCUT2D eigenvalue weighted by Crippen LogP contribution is 2.35. The minimum atomic E-state index is -4.61. The van der Waals surface area contributed by atoms with E-state index in [2.05, 4.69) is 4.98 Å². The van der Waals surface area contributed by atoms with Gasteiger partial charge in [-0.15, -0.1) is 0 Å². The fourth-order valence-electron chi connectivity index (χ4n) is 6.71. The monoisotopic (exact) mass is 758 g/mol. The van der Waals surface area contributed by atoms with Gasteiger partial charge in [0.15, 0.2) is 0 Å². The van der Waals surface area contributed by atoms with Crippen molar-refractivity contribution in [2.75, 3.05) is 6.26 Å². The molecule has 4 heterocycles. The van der Waals surface area contributed by atoms with Crippen molar-refractivity contribution in [2.45, 2.75) is 50.9 Å². The molecule has 9 nitrogen and oxygen atoms in total. The minimum absolute atomic E-state index is 0.00534. The lowest BCUT2D eigenvalue weighted by atomic mass is 10.0. The normalized spacial score (nSPS) is 12.2. The first kappa shape index (κ1) is 37.9. The molecule has 1 atom stereocenters. The lowest BCUT2D eigenvalue weighted by Gasteiger charge is -2.16. The lowest BCUT2D eigenvalue weighted by Crippen LogP contribution is -2.14. The van der Waals surface area contributed by atoms with Crippen LogP contribution < -0.4 is 0 Å². The quantitative estimate of drug-likeness (QED) is 0.143. The number of carboxylic acids is 2. The number of nitrogens with zero attached hydrogens (tertiary/aromatic N) is 4. The maximum atomic E-state index is 13.8. The number of rotatable bonds is 9. The van der Waals surface area contributed by atoms with E-state index in [-0.39, 0.29) is 35.8 Å². The zero-order valence-corrected chi connectivity index (χ0v) is 30.1. The number of carboxylic acid groups (broad SMARTS) is 2. The van der Waals surface area contributed by atoms with Crippen LogP contribution in [0.2, 0.25) is 0 Å². The summed E-state index contributed by atoms with van der Waals surface area (Å²) >= 11 is 0. The largest absolute Gasteiger partial charge is 0.481 e. The second-order valence-corrected chi connectivity index (χ2v) is 14.1. The number of aliphatic carboxylic acids is 2. The number of halogens is 4. The highest BCUT2D eigenvalue weighted by Gasteiger charge is 2.34. The van der Waals surface area contributed by atoms with Crippen LogP contribution in [0.25, 0.3) is 32.8 Å². The summed E-state index contributed by atoms with van der Waals surface area (Å²) in [5, 5.41) is 20.8.